The molecule has 0 aliphatic carbocycles. The van der Waals surface area contributed by atoms with E-state index in [-0.39, 0.29) is 0 Å². The Bertz CT molecular complexity index is 802. The van der Waals surface area contributed by atoms with Crippen LogP contribution in [0, 0.1) is 0 Å². The molecule has 0 saturated carbocycles. The summed E-state index contributed by atoms with van der Waals surface area (Å²) >= 11 is 0. The van der Waals surface area contributed by atoms with Crippen molar-refractivity contribution in [2.24, 2.45) is 0 Å². The van der Waals surface area contributed by atoms with Crippen LogP contribution < -0.4 is 0 Å². The normalized spacial score (nSPS) is 11.3. The van der Waals surface area contributed by atoms with Gasteiger partial charge in [-0.15, -0.1) is 0 Å². The molecule has 0 radical (unpaired) electrons. The van der Waals surface area contributed by atoms with E-state index >= 15 is 0 Å². The lowest BCUT2D eigenvalue weighted by atomic mass is 10.1. The molecule has 0 amide bonds. The quantitative estimate of drug-likeness (QED) is 0.390. The van der Waals surface area contributed by atoms with Crippen LogP contribution in [0.3, 0.4) is 0 Å². The largest absolute Gasteiger partial charge is 0.0616 e. The molecular weight excluding hydrogens is 216 g/mol. The van der Waals surface area contributed by atoms with E-state index in [1.807, 2.05) is 0 Å². The maximum atomic E-state index is 2.28. The fraction of sp³-hybridized carbons (Fsp3) is 0. The molecule has 0 fully saturated rings. The predicted molar refractivity (Wildman–Crippen MR) is 79.0 cm³/mol. The molecular formula is C18H12. The summed E-state index contributed by atoms with van der Waals surface area (Å²) in [7, 11) is 0. The van der Waals surface area contributed by atoms with Gasteiger partial charge in [0.25, 0.3) is 0 Å². The van der Waals surface area contributed by atoms with Gasteiger partial charge in [0.1, 0.15) is 0 Å². The van der Waals surface area contributed by atoms with E-state index in [2.05, 4.69) is 72.8 Å². The third-order valence-corrected chi connectivity index (χ3v) is 3.59. The first kappa shape index (κ1) is 9.67. The minimum Gasteiger partial charge on any atom is -0.0616 e. The Balaban J connectivity index is 2.52. The molecule has 0 atom stereocenters. The van der Waals surface area contributed by atoms with E-state index in [0.29, 0.717) is 0 Å². The number of hydrogen-bond donors (Lipinski definition) is 0. The Labute approximate surface area is 105 Å². The van der Waals surface area contributed by atoms with Crippen molar-refractivity contribution >= 4 is 32.3 Å². The molecule has 0 bridgehead atoms. The van der Waals surface area contributed by atoms with Gasteiger partial charge in [-0.3, -0.25) is 0 Å². The van der Waals surface area contributed by atoms with Gasteiger partial charge in [0.15, 0.2) is 0 Å². The molecule has 84 valence electrons. The average molecular weight is 228 g/mol. The summed E-state index contributed by atoms with van der Waals surface area (Å²) in [5, 5.41) is 7.96. The van der Waals surface area contributed by atoms with Crippen LogP contribution in [0.25, 0.3) is 32.3 Å². The van der Waals surface area contributed by atoms with Crippen molar-refractivity contribution in [3.63, 3.8) is 0 Å². The zero-order chi connectivity index (χ0) is 11.9. The van der Waals surface area contributed by atoms with Crippen LogP contribution in [-0.2, 0) is 0 Å². The van der Waals surface area contributed by atoms with Gasteiger partial charge in [-0.05, 0) is 38.4 Å². The molecule has 0 nitrogen and oxygen atoms in total. The summed E-state index contributed by atoms with van der Waals surface area (Å²) < 4.78 is 0. The molecule has 0 aromatic heterocycles. The highest BCUT2D eigenvalue weighted by Crippen LogP contribution is 2.33. The first-order chi connectivity index (χ1) is 8.93. The fourth-order valence-electron chi connectivity index (χ4n) is 2.82. The molecule has 0 heteroatoms. The molecule has 18 heavy (non-hydrogen) atoms. The molecule has 0 N–H and O–H groups in total. The fourth-order valence-corrected chi connectivity index (χ4v) is 2.82. The second kappa shape index (κ2) is 3.58. The molecule has 0 spiro atoms. The molecule has 4 rings (SSSR count). The highest BCUT2D eigenvalue weighted by molar-refractivity contribution is 6.24. The Morgan fingerprint density at radius 3 is 1.28 bits per heavy atom. The molecule has 0 aliphatic heterocycles. The summed E-state index contributed by atoms with van der Waals surface area (Å²) in [5.74, 6) is 0. The lowest BCUT2D eigenvalue weighted by molar-refractivity contribution is 1.87. The predicted octanol–water partition coefficient (Wildman–Crippen LogP) is 5.15. The SMILES string of the molecule is c1ccc2cc3ccccc4cccc(c1)c2c43. The van der Waals surface area contributed by atoms with Gasteiger partial charge in [-0.25, -0.2) is 0 Å². The van der Waals surface area contributed by atoms with Crippen molar-refractivity contribution in [3.05, 3.63) is 72.8 Å². The van der Waals surface area contributed by atoms with Crippen LogP contribution in [0.5, 0.6) is 0 Å². The van der Waals surface area contributed by atoms with E-state index in [0.717, 1.165) is 0 Å². The zero-order valence-corrected chi connectivity index (χ0v) is 9.93. The van der Waals surface area contributed by atoms with Gasteiger partial charge in [0.2, 0.25) is 0 Å². The van der Waals surface area contributed by atoms with Gasteiger partial charge in [-0.2, -0.15) is 0 Å². The van der Waals surface area contributed by atoms with Gasteiger partial charge in [-0.1, -0.05) is 66.7 Å². The summed E-state index contributed by atoms with van der Waals surface area (Å²) in [4.78, 5) is 0. The number of rotatable bonds is 0. The van der Waals surface area contributed by atoms with Crippen molar-refractivity contribution in [2.75, 3.05) is 0 Å². The van der Waals surface area contributed by atoms with Crippen molar-refractivity contribution in [2.45, 2.75) is 0 Å². The van der Waals surface area contributed by atoms with E-state index in [9.17, 15) is 0 Å². The second-order valence-electron chi connectivity index (χ2n) is 4.68. The van der Waals surface area contributed by atoms with Crippen molar-refractivity contribution in [1.29, 1.82) is 0 Å². The van der Waals surface area contributed by atoms with Crippen LogP contribution in [0.1, 0.15) is 0 Å². The Hall–Kier alpha value is -2.34. The third kappa shape index (κ3) is 1.26. The number of hydrogen-bond acceptors (Lipinski definition) is 0. The summed E-state index contributed by atoms with van der Waals surface area (Å²) in [6, 6.07) is 26.0. The highest BCUT2D eigenvalue weighted by atomic mass is 14.1. The Morgan fingerprint density at radius 1 is 0.389 bits per heavy atom. The lowest BCUT2D eigenvalue weighted by Crippen LogP contribution is -1.60. The van der Waals surface area contributed by atoms with Crippen LogP contribution in [0.4, 0.5) is 0 Å². The van der Waals surface area contributed by atoms with Crippen LogP contribution in [0.15, 0.2) is 72.8 Å². The van der Waals surface area contributed by atoms with Crippen molar-refractivity contribution < 1.29 is 0 Å². The molecule has 0 heterocycles. The highest BCUT2D eigenvalue weighted by Gasteiger charge is 2.05. The first-order valence-electron chi connectivity index (χ1n) is 6.23. The molecule has 0 unspecified atom stereocenters. The molecule has 4 aromatic carbocycles. The minimum atomic E-state index is 1.30. The van der Waals surface area contributed by atoms with Gasteiger partial charge < -0.3 is 0 Å². The standard InChI is InChI=1S/C18H12/c1-3-8-15-12-16-9-4-2-7-14-11-5-10-13(6-1)17(15)18(14)16/h1-12H. The van der Waals surface area contributed by atoms with E-state index in [1.165, 1.54) is 32.3 Å². The van der Waals surface area contributed by atoms with E-state index in [4.69, 9.17) is 0 Å². The Morgan fingerprint density at radius 2 is 0.778 bits per heavy atom. The van der Waals surface area contributed by atoms with Crippen molar-refractivity contribution in [1.82, 2.24) is 0 Å². The first-order valence-corrected chi connectivity index (χ1v) is 6.23. The van der Waals surface area contributed by atoms with E-state index < -0.39 is 0 Å². The third-order valence-electron chi connectivity index (χ3n) is 3.59. The van der Waals surface area contributed by atoms with Crippen LogP contribution in [-0.4, -0.2) is 0 Å². The topological polar surface area (TPSA) is 0 Å². The monoisotopic (exact) mass is 228 g/mol. The second-order valence-corrected chi connectivity index (χ2v) is 4.68. The zero-order valence-electron chi connectivity index (χ0n) is 9.93. The smallest absolute Gasteiger partial charge is 0.00266 e. The Kier molecular flexibility index (Phi) is 1.92. The maximum Gasteiger partial charge on any atom is -0.00266 e. The molecule has 4 aromatic rings. The van der Waals surface area contributed by atoms with Crippen molar-refractivity contribution in [3.8, 4) is 0 Å². The molecule has 0 aliphatic rings. The summed E-state index contributed by atoms with van der Waals surface area (Å²) in [6.07, 6.45) is 0. The van der Waals surface area contributed by atoms with E-state index in [1.54, 1.807) is 0 Å². The lowest BCUT2D eigenvalue weighted by Gasteiger charge is -1.89. The van der Waals surface area contributed by atoms with Gasteiger partial charge in [0.05, 0.1) is 0 Å². The van der Waals surface area contributed by atoms with Gasteiger partial charge in [0, 0.05) is 0 Å². The van der Waals surface area contributed by atoms with Gasteiger partial charge >= 0.3 is 0 Å². The summed E-state index contributed by atoms with van der Waals surface area (Å²) in [6.45, 7) is 0. The minimum absolute atomic E-state index is 1.30. The average Bonchev–Trinajstić information content (AvgIpc) is 2.54. The summed E-state index contributed by atoms with van der Waals surface area (Å²) in [5.41, 5.74) is 0. The van der Waals surface area contributed by atoms with Crippen LogP contribution >= 0.6 is 0 Å². The maximum absolute atomic E-state index is 2.28. The molecule has 0 saturated heterocycles. The van der Waals surface area contributed by atoms with Crippen LogP contribution in [0.2, 0.25) is 0 Å².